The van der Waals surface area contributed by atoms with Crippen molar-refractivity contribution in [1.82, 2.24) is 9.88 Å². The fourth-order valence-electron chi connectivity index (χ4n) is 3.95. The first kappa shape index (κ1) is 20.0. The number of methoxy groups -OCH3 is 1. The normalized spacial score (nSPS) is 15.5. The first-order valence-electron chi connectivity index (χ1n) is 10.2. The van der Waals surface area contributed by atoms with Crippen molar-refractivity contribution in [2.75, 3.05) is 38.7 Å². The van der Waals surface area contributed by atoms with Crippen LogP contribution in [0.3, 0.4) is 0 Å². The van der Waals surface area contributed by atoms with E-state index in [1.54, 1.807) is 12.0 Å². The number of aryl methyl sites for hydroxylation is 1. The van der Waals surface area contributed by atoms with Crippen LogP contribution in [0.5, 0.6) is 11.5 Å². The summed E-state index contributed by atoms with van der Waals surface area (Å²) in [7, 11) is 3.45. The third kappa shape index (κ3) is 3.77. The van der Waals surface area contributed by atoms with E-state index in [9.17, 15) is 4.79 Å². The van der Waals surface area contributed by atoms with E-state index in [0.29, 0.717) is 17.8 Å². The highest BCUT2D eigenvalue weighted by atomic mass is 16.5. The maximum atomic E-state index is 13.2. The van der Waals surface area contributed by atoms with Gasteiger partial charge in [0.2, 0.25) is 0 Å². The molecule has 1 aliphatic heterocycles. The molecule has 0 N–H and O–H groups in total. The molecule has 0 saturated carbocycles. The highest BCUT2D eigenvalue weighted by molar-refractivity contribution is 5.98. The summed E-state index contributed by atoms with van der Waals surface area (Å²) in [6, 6.07) is 15.6. The number of ether oxygens (including phenoxy) is 2. The summed E-state index contributed by atoms with van der Waals surface area (Å²) >= 11 is 0. The molecule has 1 unspecified atom stereocenters. The Kier molecular flexibility index (Phi) is 5.48. The van der Waals surface area contributed by atoms with Crippen LogP contribution >= 0.6 is 0 Å². The highest BCUT2D eigenvalue weighted by Crippen LogP contribution is 2.33. The number of rotatable bonds is 5. The van der Waals surface area contributed by atoms with Gasteiger partial charge in [0, 0.05) is 25.0 Å². The van der Waals surface area contributed by atoms with Crippen LogP contribution in [0.2, 0.25) is 0 Å². The Morgan fingerprint density at radius 2 is 2.07 bits per heavy atom. The van der Waals surface area contributed by atoms with Gasteiger partial charge in [-0.25, -0.2) is 0 Å². The van der Waals surface area contributed by atoms with Crippen molar-refractivity contribution in [2.24, 2.45) is 0 Å². The molecule has 156 valence electrons. The fourth-order valence-corrected chi connectivity index (χ4v) is 3.95. The largest absolute Gasteiger partial charge is 0.497 e. The van der Waals surface area contributed by atoms with E-state index in [1.165, 1.54) is 0 Å². The van der Waals surface area contributed by atoms with Crippen molar-refractivity contribution in [2.45, 2.75) is 20.0 Å². The van der Waals surface area contributed by atoms with Crippen LogP contribution in [0.25, 0.3) is 10.9 Å². The van der Waals surface area contributed by atoms with E-state index in [2.05, 4.69) is 22.9 Å². The van der Waals surface area contributed by atoms with E-state index < -0.39 is 0 Å². The lowest BCUT2D eigenvalue weighted by atomic mass is 10.1. The molecule has 0 bridgehead atoms. The minimum absolute atomic E-state index is 0.0526. The van der Waals surface area contributed by atoms with Crippen LogP contribution in [-0.2, 0) is 0 Å². The maximum Gasteiger partial charge on any atom is 0.255 e. The molecule has 1 aromatic heterocycles. The smallest absolute Gasteiger partial charge is 0.255 e. The van der Waals surface area contributed by atoms with Crippen LogP contribution in [0.15, 0.2) is 48.5 Å². The standard InChI is InChI=1S/C24H27N3O3/c1-5-27-15-19(30-23-9-7-6-8-22(23)27)14-26(3)24(28)20-12-17-10-11-18(29-4)13-21(17)25-16(20)2/h6-13,19H,5,14-15H2,1-4H3. The quantitative estimate of drug-likeness (QED) is 0.644. The van der Waals surface area contributed by atoms with E-state index >= 15 is 0 Å². The number of hydrogen-bond acceptors (Lipinski definition) is 5. The summed E-state index contributed by atoms with van der Waals surface area (Å²) in [6.07, 6.45) is -0.0909. The third-order valence-corrected chi connectivity index (χ3v) is 5.58. The molecule has 4 rings (SSSR count). The second-order valence-corrected chi connectivity index (χ2v) is 7.61. The topological polar surface area (TPSA) is 54.9 Å². The molecule has 6 heteroatoms. The first-order valence-corrected chi connectivity index (χ1v) is 10.2. The predicted molar refractivity (Wildman–Crippen MR) is 119 cm³/mol. The van der Waals surface area contributed by atoms with Crippen LogP contribution in [0, 0.1) is 6.92 Å². The summed E-state index contributed by atoms with van der Waals surface area (Å²) in [6.45, 7) is 6.15. The molecule has 2 aromatic carbocycles. The van der Waals surface area contributed by atoms with Gasteiger partial charge < -0.3 is 19.3 Å². The summed E-state index contributed by atoms with van der Waals surface area (Å²) in [5, 5.41) is 0.915. The van der Waals surface area contributed by atoms with E-state index in [1.807, 2.05) is 56.4 Å². The Hall–Kier alpha value is -3.28. The van der Waals surface area contributed by atoms with Gasteiger partial charge in [0.05, 0.1) is 42.7 Å². The molecule has 1 aliphatic rings. The van der Waals surface area contributed by atoms with Crippen molar-refractivity contribution >= 4 is 22.5 Å². The Morgan fingerprint density at radius 3 is 2.83 bits per heavy atom. The number of para-hydroxylation sites is 2. The zero-order valence-corrected chi connectivity index (χ0v) is 17.9. The number of carbonyl (C=O) groups is 1. The van der Waals surface area contributed by atoms with Gasteiger partial charge in [0.1, 0.15) is 17.6 Å². The molecule has 0 saturated heterocycles. The second kappa shape index (κ2) is 8.22. The molecular weight excluding hydrogens is 378 g/mol. The predicted octanol–water partition coefficient (Wildman–Crippen LogP) is 3.91. The molecule has 0 fully saturated rings. The fraction of sp³-hybridized carbons (Fsp3) is 0.333. The molecule has 6 nitrogen and oxygen atoms in total. The van der Waals surface area contributed by atoms with Crippen molar-refractivity contribution in [3.63, 3.8) is 0 Å². The van der Waals surface area contributed by atoms with Crippen molar-refractivity contribution in [3.05, 3.63) is 59.8 Å². The van der Waals surface area contributed by atoms with E-state index in [-0.39, 0.29) is 12.0 Å². The van der Waals surface area contributed by atoms with Crippen molar-refractivity contribution < 1.29 is 14.3 Å². The van der Waals surface area contributed by atoms with Gasteiger partial charge >= 0.3 is 0 Å². The number of carbonyl (C=O) groups excluding carboxylic acids is 1. The van der Waals surface area contributed by atoms with Gasteiger partial charge in [0.25, 0.3) is 5.91 Å². The van der Waals surface area contributed by atoms with Crippen LogP contribution in [-0.4, -0.2) is 55.7 Å². The molecule has 1 amide bonds. The van der Waals surface area contributed by atoms with E-state index in [0.717, 1.165) is 41.2 Å². The lowest BCUT2D eigenvalue weighted by Gasteiger charge is -2.37. The second-order valence-electron chi connectivity index (χ2n) is 7.61. The number of fused-ring (bicyclic) bond motifs is 2. The van der Waals surface area contributed by atoms with Crippen molar-refractivity contribution in [3.8, 4) is 11.5 Å². The summed E-state index contributed by atoms with van der Waals surface area (Å²) < 4.78 is 11.5. The zero-order valence-electron chi connectivity index (χ0n) is 17.9. The molecule has 0 spiro atoms. The minimum atomic E-state index is -0.0909. The van der Waals surface area contributed by atoms with Crippen LogP contribution in [0.4, 0.5) is 5.69 Å². The molecule has 30 heavy (non-hydrogen) atoms. The van der Waals surface area contributed by atoms with Gasteiger partial charge in [-0.05, 0) is 44.2 Å². The molecule has 0 aliphatic carbocycles. The minimum Gasteiger partial charge on any atom is -0.497 e. The van der Waals surface area contributed by atoms with Gasteiger partial charge in [-0.2, -0.15) is 0 Å². The van der Waals surface area contributed by atoms with E-state index in [4.69, 9.17) is 9.47 Å². The Bertz CT molecular complexity index is 1080. The van der Waals surface area contributed by atoms with Gasteiger partial charge in [-0.15, -0.1) is 0 Å². The number of likely N-dealkylation sites (N-methyl/N-ethyl adjacent to an activating group) is 2. The van der Waals surface area contributed by atoms with Crippen LogP contribution in [0.1, 0.15) is 23.0 Å². The number of amides is 1. The monoisotopic (exact) mass is 405 g/mol. The lowest BCUT2D eigenvalue weighted by molar-refractivity contribution is 0.0708. The number of anilines is 1. The zero-order chi connectivity index (χ0) is 21.3. The average Bonchev–Trinajstić information content (AvgIpc) is 2.77. The molecular formula is C24H27N3O3. The maximum absolute atomic E-state index is 13.2. The molecule has 0 radical (unpaired) electrons. The number of pyridine rings is 1. The Labute approximate surface area is 177 Å². The number of hydrogen-bond donors (Lipinski definition) is 0. The Balaban J connectivity index is 1.53. The molecule has 1 atom stereocenters. The lowest BCUT2D eigenvalue weighted by Crippen LogP contribution is -2.46. The van der Waals surface area contributed by atoms with Gasteiger partial charge in [-0.1, -0.05) is 12.1 Å². The van der Waals surface area contributed by atoms with Gasteiger partial charge in [-0.3, -0.25) is 9.78 Å². The molecule has 3 aromatic rings. The average molecular weight is 405 g/mol. The summed E-state index contributed by atoms with van der Waals surface area (Å²) in [5.41, 5.74) is 3.24. The third-order valence-electron chi connectivity index (χ3n) is 5.58. The summed E-state index contributed by atoms with van der Waals surface area (Å²) in [4.78, 5) is 21.8. The first-order chi connectivity index (χ1) is 14.5. The molecule has 2 heterocycles. The Morgan fingerprint density at radius 1 is 1.27 bits per heavy atom. The number of nitrogens with zero attached hydrogens (tertiary/aromatic N) is 3. The highest BCUT2D eigenvalue weighted by Gasteiger charge is 2.27. The summed E-state index contributed by atoms with van der Waals surface area (Å²) in [5.74, 6) is 1.57. The SMILES string of the molecule is CCN1CC(CN(C)C(=O)c2cc3ccc(OC)cc3nc2C)Oc2ccccc21. The van der Waals surface area contributed by atoms with Crippen molar-refractivity contribution in [1.29, 1.82) is 0 Å². The number of benzene rings is 2. The number of aromatic nitrogens is 1. The van der Waals surface area contributed by atoms with Crippen LogP contribution < -0.4 is 14.4 Å². The van der Waals surface area contributed by atoms with Gasteiger partial charge in [0.15, 0.2) is 0 Å².